The smallest absolute Gasteiger partial charge is 0.293 e. The highest BCUT2D eigenvalue weighted by molar-refractivity contribution is 5.98. The molecular weight excluding hydrogens is 272 g/mol. The molecule has 3 rings (SSSR count). The van der Waals surface area contributed by atoms with Crippen LogP contribution in [0.1, 0.15) is 17.2 Å². The first-order valence-electron chi connectivity index (χ1n) is 6.54. The lowest BCUT2D eigenvalue weighted by molar-refractivity contribution is -0.195. The van der Waals surface area contributed by atoms with Crippen molar-refractivity contribution in [1.29, 1.82) is 0 Å². The van der Waals surface area contributed by atoms with Gasteiger partial charge in [-0.25, -0.2) is 0 Å². The summed E-state index contributed by atoms with van der Waals surface area (Å²) in [5.74, 6) is -4.59. The van der Waals surface area contributed by atoms with E-state index in [-0.39, 0.29) is 0 Å². The lowest BCUT2D eigenvalue weighted by Crippen LogP contribution is -2.62. The lowest BCUT2D eigenvalue weighted by atomic mass is 9.88. The average Bonchev–Trinajstić information content (AvgIpc) is 2.52. The number of carbonyl (C=O) groups excluding carboxylic acids is 1. The van der Waals surface area contributed by atoms with Gasteiger partial charge in [0.2, 0.25) is 0 Å². The molecule has 2 nitrogen and oxygen atoms in total. The highest BCUT2D eigenvalue weighted by atomic mass is 19.3. The van der Waals surface area contributed by atoms with Gasteiger partial charge in [0.25, 0.3) is 0 Å². The number of carbonyl (C=O) groups is 1. The molecule has 1 atom stereocenters. The number of amides is 1. The van der Waals surface area contributed by atoms with Crippen molar-refractivity contribution in [2.45, 2.75) is 12.0 Å². The number of likely N-dealkylation sites (tertiary alicyclic amines) is 1. The van der Waals surface area contributed by atoms with Gasteiger partial charge in [-0.3, -0.25) is 9.69 Å². The van der Waals surface area contributed by atoms with Crippen LogP contribution in [0.2, 0.25) is 0 Å². The molecule has 1 heterocycles. The number of hydrogen-bond acceptors (Lipinski definition) is 1. The zero-order chi connectivity index (χ0) is 15.0. The molecule has 2 aromatic carbocycles. The molecule has 0 aromatic heterocycles. The molecule has 0 N–H and O–H groups in total. The van der Waals surface area contributed by atoms with Gasteiger partial charge in [-0.15, -0.1) is 0 Å². The minimum atomic E-state index is -3.39. The molecule has 0 bridgehead atoms. The molecule has 0 aliphatic carbocycles. The van der Waals surface area contributed by atoms with Crippen molar-refractivity contribution in [3.05, 3.63) is 78.4 Å². The van der Waals surface area contributed by atoms with E-state index in [0.717, 1.165) is 4.90 Å². The van der Waals surface area contributed by atoms with Crippen LogP contribution in [-0.2, 0) is 4.79 Å². The van der Waals surface area contributed by atoms with Crippen molar-refractivity contribution < 1.29 is 13.6 Å². The van der Waals surface area contributed by atoms with Crippen molar-refractivity contribution in [3.63, 3.8) is 0 Å². The maximum atomic E-state index is 14.0. The number of hydrogen-bond donors (Lipinski definition) is 0. The Bertz CT molecular complexity index is 682. The van der Waals surface area contributed by atoms with Crippen molar-refractivity contribution in [3.8, 4) is 0 Å². The Kier molecular flexibility index (Phi) is 3.09. The summed E-state index contributed by atoms with van der Waals surface area (Å²) in [6.45, 7) is 3.81. The number of benzene rings is 2. The summed E-state index contributed by atoms with van der Waals surface area (Å²) in [6, 6.07) is 15.9. The van der Waals surface area contributed by atoms with E-state index in [1.807, 2.05) is 6.07 Å². The van der Waals surface area contributed by atoms with E-state index in [1.54, 1.807) is 54.6 Å². The first kappa shape index (κ1) is 13.5. The van der Waals surface area contributed by atoms with Crippen molar-refractivity contribution in [1.82, 2.24) is 4.90 Å². The third-order valence-corrected chi connectivity index (χ3v) is 3.62. The maximum absolute atomic E-state index is 14.0. The zero-order valence-electron chi connectivity index (χ0n) is 11.2. The van der Waals surface area contributed by atoms with Gasteiger partial charge in [-0.05, 0) is 11.1 Å². The summed E-state index contributed by atoms with van der Waals surface area (Å²) >= 11 is 0. The lowest BCUT2D eigenvalue weighted by Gasteiger charge is -2.47. The molecule has 2 aromatic rings. The molecule has 1 unspecified atom stereocenters. The fraction of sp³-hybridized carbons (Fsp3) is 0.118. The third kappa shape index (κ3) is 2.03. The highest BCUT2D eigenvalue weighted by Crippen LogP contribution is 2.50. The number of nitrogens with zero attached hydrogens (tertiary/aromatic N) is 1. The first-order valence-corrected chi connectivity index (χ1v) is 6.54. The second-order valence-electron chi connectivity index (χ2n) is 4.92. The molecule has 1 aliphatic rings. The van der Waals surface area contributed by atoms with E-state index >= 15 is 0 Å². The number of halogens is 2. The number of rotatable bonds is 3. The van der Waals surface area contributed by atoms with Crippen LogP contribution in [0, 0.1) is 0 Å². The van der Waals surface area contributed by atoms with Gasteiger partial charge in [-0.2, -0.15) is 8.78 Å². The fourth-order valence-electron chi connectivity index (χ4n) is 2.53. The quantitative estimate of drug-likeness (QED) is 0.784. The second-order valence-corrected chi connectivity index (χ2v) is 4.92. The van der Waals surface area contributed by atoms with Crippen LogP contribution >= 0.6 is 0 Å². The fourth-order valence-corrected chi connectivity index (χ4v) is 2.53. The Morgan fingerprint density at radius 3 is 2.10 bits per heavy atom. The summed E-state index contributed by atoms with van der Waals surface area (Å²) in [5, 5.41) is 0. The van der Waals surface area contributed by atoms with Crippen LogP contribution in [-0.4, -0.2) is 16.7 Å². The molecule has 21 heavy (non-hydrogen) atoms. The summed E-state index contributed by atoms with van der Waals surface area (Å²) in [4.78, 5) is 12.9. The largest absolute Gasteiger partial charge is 0.349 e. The predicted octanol–water partition coefficient (Wildman–Crippen LogP) is 3.88. The van der Waals surface area contributed by atoms with Gasteiger partial charge in [-0.1, -0.05) is 67.2 Å². The number of β-lactam (4-membered cyclic amide) rings is 1. The average molecular weight is 285 g/mol. The molecule has 1 fully saturated rings. The van der Waals surface area contributed by atoms with Crippen LogP contribution in [0.25, 0.3) is 5.70 Å². The molecule has 4 heteroatoms. The van der Waals surface area contributed by atoms with Crippen molar-refractivity contribution >= 4 is 11.6 Å². The Labute approximate surface area is 121 Å². The molecule has 0 spiro atoms. The molecule has 106 valence electrons. The van der Waals surface area contributed by atoms with E-state index in [1.165, 1.54) is 0 Å². The third-order valence-electron chi connectivity index (χ3n) is 3.62. The second kappa shape index (κ2) is 4.81. The Morgan fingerprint density at radius 2 is 1.52 bits per heavy atom. The van der Waals surface area contributed by atoms with E-state index < -0.39 is 17.9 Å². The normalized spacial score (nSPS) is 20.0. The molecule has 1 aliphatic heterocycles. The predicted molar refractivity (Wildman–Crippen MR) is 76.5 cm³/mol. The van der Waals surface area contributed by atoms with E-state index in [0.29, 0.717) is 16.8 Å². The first-order chi connectivity index (χ1) is 10.0. The summed E-state index contributed by atoms with van der Waals surface area (Å²) in [5.41, 5.74) is 1.35. The zero-order valence-corrected chi connectivity index (χ0v) is 11.2. The highest BCUT2D eigenvalue weighted by Gasteiger charge is 2.64. The molecular formula is C17H13F2NO. The summed E-state index contributed by atoms with van der Waals surface area (Å²) in [6.07, 6.45) is 0. The SMILES string of the molecule is C=C(c1ccccc1)N1C(=O)C(F)(F)C1c1ccccc1. The van der Waals surface area contributed by atoms with Crippen LogP contribution < -0.4 is 0 Å². The van der Waals surface area contributed by atoms with Crippen LogP contribution in [0.4, 0.5) is 8.78 Å². The number of alkyl halides is 2. The minimum Gasteiger partial charge on any atom is -0.293 e. The topological polar surface area (TPSA) is 20.3 Å². The van der Waals surface area contributed by atoms with Crippen molar-refractivity contribution in [2.24, 2.45) is 0 Å². The Balaban J connectivity index is 1.98. The van der Waals surface area contributed by atoms with Gasteiger partial charge in [0.15, 0.2) is 0 Å². The van der Waals surface area contributed by atoms with E-state index in [4.69, 9.17) is 0 Å². The molecule has 1 amide bonds. The minimum absolute atomic E-state index is 0.292. The Morgan fingerprint density at radius 1 is 1.00 bits per heavy atom. The van der Waals surface area contributed by atoms with Gasteiger partial charge >= 0.3 is 11.8 Å². The van der Waals surface area contributed by atoms with E-state index in [2.05, 4.69) is 6.58 Å². The van der Waals surface area contributed by atoms with Crippen LogP contribution in [0.3, 0.4) is 0 Å². The van der Waals surface area contributed by atoms with Gasteiger partial charge in [0.1, 0.15) is 6.04 Å². The van der Waals surface area contributed by atoms with Crippen LogP contribution in [0.5, 0.6) is 0 Å². The van der Waals surface area contributed by atoms with Gasteiger partial charge in [0, 0.05) is 5.70 Å². The summed E-state index contributed by atoms with van der Waals surface area (Å²) in [7, 11) is 0. The summed E-state index contributed by atoms with van der Waals surface area (Å²) < 4.78 is 28.0. The maximum Gasteiger partial charge on any atom is 0.349 e. The van der Waals surface area contributed by atoms with Gasteiger partial charge < -0.3 is 0 Å². The monoisotopic (exact) mass is 285 g/mol. The molecule has 0 radical (unpaired) electrons. The van der Waals surface area contributed by atoms with Crippen LogP contribution in [0.15, 0.2) is 67.2 Å². The van der Waals surface area contributed by atoms with E-state index in [9.17, 15) is 13.6 Å². The molecule has 0 saturated carbocycles. The Hall–Kier alpha value is -2.49. The van der Waals surface area contributed by atoms with Gasteiger partial charge in [0.05, 0.1) is 0 Å². The van der Waals surface area contributed by atoms with Crippen molar-refractivity contribution in [2.75, 3.05) is 0 Å². The molecule has 1 saturated heterocycles. The standard InChI is InChI=1S/C17H13F2NO/c1-12(13-8-4-2-5-9-13)20-15(17(18,19)16(20)21)14-10-6-3-7-11-14/h2-11,15H,1H2.